The van der Waals surface area contributed by atoms with Gasteiger partial charge in [0.05, 0.1) is 6.54 Å². The zero-order valence-electron chi connectivity index (χ0n) is 4.48. The van der Waals surface area contributed by atoms with Gasteiger partial charge < -0.3 is 10.6 Å². The third-order valence-electron chi connectivity index (χ3n) is 0.941. The Labute approximate surface area is 60.1 Å². The number of carbonyl (C=O) groups excluding carboxylic acids is 2. The topological polar surface area (TPSA) is 58.2 Å². The average molecular weight is 193 g/mol. The van der Waals surface area contributed by atoms with E-state index in [9.17, 15) is 9.59 Å². The second-order valence-electron chi connectivity index (χ2n) is 1.65. The van der Waals surface area contributed by atoms with Gasteiger partial charge in [0.25, 0.3) is 5.91 Å². The van der Waals surface area contributed by atoms with E-state index in [0.29, 0.717) is 0 Å². The van der Waals surface area contributed by atoms with Crippen LogP contribution in [0, 0.1) is 0 Å². The largest absolute Gasteiger partial charge is 0.344 e. The van der Waals surface area contributed by atoms with Crippen LogP contribution in [0.2, 0.25) is 0 Å². The van der Waals surface area contributed by atoms with Crippen LogP contribution in [0.15, 0.2) is 0 Å². The molecule has 2 N–H and O–H groups in total. The van der Waals surface area contributed by atoms with Gasteiger partial charge in [-0.25, -0.2) is 0 Å². The van der Waals surface area contributed by atoms with Gasteiger partial charge in [0, 0.05) is 0 Å². The molecule has 1 aliphatic rings. The molecule has 1 unspecified atom stereocenters. The number of amides is 2. The van der Waals surface area contributed by atoms with Crippen LogP contribution < -0.4 is 10.6 Å². The van der Waals surface area contributed by atoms with E-state index in [0.717, 1.165) is 0 Å². The first kappa shape index (κ1) is 6.54. The van der Waals surface area contributed by atoms with Gasteiger partial charge in [0.2, 0.25) is 5.91 Å². The van der Waals surface area contributed by atoms with Crippen LogP contribution >= 0.6 is 15.9 Å². The SMILES string of the molecule is O=C1CNC(=O)C(Br)N1. The molecule has 9 heavy (non-hydrogen) atoms. The Kier molecular flexibility index (Phi) is 1.70. The lowest BCUT2D eigenvalue weighted by molar-refractivity contribution is -0.131. The molecular formula is C4H5BrN2O2. The van der Waals surface area contributed by atoms with Crippen molar-refractivity contribution in [2.24, 2.45) is 0 Å². The molecule has 50 valence electrons. The molecule has 1 aliphatic heterocycles. The normalized spacial score (nSPS) is 27.0. The first-order valence-electron chi connectivity index (χ1n) is 2.41. The summed E-state index contributed by atoms with van der Waals surface area (Å²) < 4.78 is 0. The predicted molar refractivity (Wildman–Crippen MR) is 33.9 cm³/mol. The van der Waals surface area contributed by atoms with Gasteiger partial charge >= 0.3 is 0 Å². The van der Waals surface area contributed by atoms with Gasteiger partial charge in [-0.3, -0.25) is 9.59 Å². The number of hydrogen-bond donors (Lipinski definition) is 2. The van der Waals surface area contributed by atoms with Crippen LogP contribution in [-0.4, -0.2) is 23.3 Å². The van der Waals surface area contributed by atoms with Crippen LogP contribution in [0.3, 0.4) is 0 Å². The Morgan fingerprint density at radius 2 is 2.22 bits per heavy atom. The van der Waals surface area contributed by atoms with Crippen molar-refractivity contribution in [3.05, 3.63) is 0 Å². The molecule has 1 saturated heterocycles. The molecule has 5 heteroatoms. The van der Waals surface area contributed by atoms with Crippen molar-refractivity contribution in [2.75, 3.05) is 6.54 Å². The number of halogens is 1. The van der Waals surface area contributed by atoms with Crippen molar-refractivity contribution < 1.29 is 9.59 Å². The van der Waals surface area contributed by atoms with Gasteiger partial charge in [-0.1, -0.05) is 15.9 Å². The van der Waals surface area contributed by atoms with Gasteiger partial charge in [0.1, 0.15) is 0 Å². The summed E-state index contributed by atoms with van der Waals surface area (Å²) in [5.41, 5.74) is 0. The van der Waals surface area contributed by atoms with Crippen molar-refractivity contribution in [1.82, 2.24) is 10.6 Å². The summed E-state index contributed by atoms with van der Waals surface area (Å²) in [5, 5.41) is 4.78. The van der Waals surface area contributed by atoms with Gasteiger partial charge in [-0.15, -0.1) is 0 Å². The van der Waals surface area contributed by atoms with Gasteiger partial charge in [-0.2, -0.15) is 0 Å². The summed E-state index contributed by atoms with van der Waals surface area (Å²) in [7, 11) is 0. The Hall–Kier alpha value is -0.580. The van der Waals surface area contributed by atoms with E-state index < -0.39 is 4.95 Å². The Morgan fingerprint density at radius 1 is 1.56 bits per heavy atom. The molecule has 0 spiro atoms. The highest BCUT2D eigenvalue weighted by Crippen LogP contribution is 1.97. The second-order valence-corrected chi connectivity index (χ2v) is 2.56. The van der Waals surface area contributed by atoms with E-state index in [1.54, 1.807) is 0 Å². The predicted octanol–water partition coefficient (Wildman–Crippen LogP) is -1.05. The summed E-state index contributed by atoms with van der Waals surface area (Å²) in [5.74, 6) is -0.369. The summed E-state index contributed by atoms with van der Waals surface area (Å²) in [4.78, 5) is 20.5. The highest BCUT2D eigenvalue weighted by Gasteiger charge is 2.22. The summed E-state index contributed by atoms with van der Waals surface area (Å²) in [6.07, 6.45) is 0. The number of nitrogens with one attached hydrogen (secondary N) is 2. The van der Waals surface area contributed by atoms with E-state index in [1.165, 1.54) is 0 Å². The van der Waals surface area contributed by atoms with Crippen molar-refractivity contribution in [1.29, 1.82) is 0 Å². The van der Waals surface area contributed by atoms with Crippen LogP contribution in [0.4, 0.5) is 0 Å². The number of rotatable bonds is 0. The molecular weight excluding hydrogens is 188 g/mol. The van der Waals surface area contributed by atoms with Crippen LogP contribution in [0.5, 0.6) is 0 Å². The summed E-state index contributed by atoms with van der Waals surface area (Å²) in [6, 6.07) is 0. The van der Waals surface area contributed by atoms with Crippen LogP contribution in [0.1, 0.15) is 0 Å². The molecule has 0 aromatic carbocycles. The molecule has 1 fully saturated rings. The minimum Gasteiger partial charge on any atom is -0.344 e. The fourth-order valence-corrected chi connectivity index (χ4v) is 0.932. The Morgan fingerprint density at radius 3 is 2.67 bits per heavy atom. The third kappa shape index (κ3) is 1.41. The van der Waals surface area contributed by atoms with E-state index >= 15 is 0 Å². The quantitative estimate of drug-likeness (QED) is 0.381. The smallest absolute Gasteiger partial charge is 0.254 e. The molecule has 4 nitrogen and oxygen atoms in total. The number of alkyl halides is 1. The Balaban J connectivity index is 2.54. The number of piperazine rings is 1. The fourth-order valence-electron chi connectivity index (χ4n) is 0.515. The molecule has 1 atom stereocenters. The number of carbonyl (C=O) groups is 2. The zero-order chi connectivity index (χ0) is 6.85. The van der Waals surface area contributed by atoms with E-state index in [-0.39, 0.29) is 18.4 Å². The molecule has 0 radical (unpaired) electrons. The molecule has 0 aromatic heterocycles. The summed E-state index contributed by atoms with van der Waals surface area (Å²) in [6.45, 7) is 0.0843. The van der Waals surface area contributed by atoms with Crippen molar-refractivity contribution in [3.8, 4) is 0 Å². The highest BCUT2D eigenvalue weighted by atomic mass is 79.9. The lowest BCUT2D eigenvalue weighted by Gasteiger charge is -2.17. The molecule has 0 aromatic rings. The first-order valence-corrected chi connectivity index (χ1v) is 3.33. The first-order chi connectivity index (χ1) is 4.20. The molecule has 2 amide bonds. The average Bonchev–Trinajstić information content (AvgIpc) is 1.80. The lowest BCUT2D eigenvalue weighted by Crippen LogP contribution is -2.53. The molecule has 1 rings (SSSR count). The van der Waals surface area contributed by atoms with Crippen molar-refractivity contribution in [3.63, 3.8) is 0 Å². The highest BCUT2D eigenvalue weighted by molar-refractivity contribution is 9.10. The minimum absolute atomic E-state index is 0.0843. The monoisotopic (exact) mass is 192 g/mol. The molecule has 0 aliphatic carbocycles. The van der Waals surface area contributed by atoms with Crippen molar-refractivity contribution in [2.45, 2.75) is 4.95 Å². The fraction of sp³-hybridized carbons (Fsp3) is 0.500. The standard InChI is InChI=1S/C4H5BrN2O2/c5-3-4(9)6-1-2(8)7-3/h3H,1H2,(H,6,9)(H,7,8). The maximum atomic E-state index is 10.6. The van der Waals surface area contributed by atoms with Crippen molar-refractivity contribution >= 4 is 27.7 Å². The van der Waals surface area contributed by atoms with Gasteiger partial charge in [0.15, 0.2) is 4.95 Å². The molecule has 1 heterocycles. The third-order valence-corrected chi connectivity index (χ3v) is 1.59. The minimum atomic E-state index is -0.557. The van der Waals surface area contributed by atoms with E-state index in [2.05, 4.69) is 26.6 Å². The van der Waals surface area contributed by atoms with E-state index in [1.807, 2.05) is 0 Å². The van der Waals surface area contributed by atoms with Gasteiger partial charge in [-0.05, 0) is 0 Å². The molecule has 0 saturated carbocycles. The lowest BCUT2D eigenvalue weighted by atomic mass is 10.4. The Bertz CT molecular complexity index is 159. The van der Waals surface area contributed by atoms with Crippen LogP contribution in [0.25, 0.3) is 0 Å². The van der Waals surface area contributed by atoms with E-state index in [4.69, 9.17) is 0 Å². The maximum Gasteiger partial charge on any atom is 0.254 e. The molecule has 0 bridgehead atoms. The number of hydrogen-bond acceptors (Lipinski definition) is 2. The summed E-state index contributed by atoms with van der Waals surface area (Å²) >= 11 is 2.95. The maximum absolute atomic E-state index is 10.6. The zero-order valence-corrected chi connectivity index (χ0v) is 6.06. The second kappa shape index (κ2) is 2.34. The van der Waals surface area contributed by atoms with Crippen LogP contribution in [-0.2, 0) is 9.59 Å².